The van der Waals surface area contributed by atoms with Crippen LogP contribution in [0.15, 0.2) is 28.2 Å². The van der Waals surface area contributed by atoms with Crippen molar-refractivity contribution in [2.75, 3.05) is 6.61 Å². The zero-order chi connectivity index (χ0) is 11.4. The Morgan fingerprint density at radius 2 is 2.13 bits per heavy atom. The lowest BCUT2D eigenvalue weighted by molar-refractivity contribution is 0.320. The normalized spacial score (nSPS) is 12.3. The van der Waals surface area contributed by atoms with Gasteiger partial charge in [-0.15, -0.1) is 0 Å². The molecule has 0 saturated carbocycles. The first-order chi connectivity index (χ1) is 7.04. The number of hydrogen-bond acceptors (Lipinski definition) is 1. The first-order valence-electron chi connectivity index (χ1n) is 5.12. The third kappa shape index (κ3) is 3.47. The molecule has 0 bridgehead atoms. The first-order valence-corrected chi connectivity index (χ1v) is 5.91. The minimum Gasteiger partial charge on any atom is -0.392 e. The summed E-state index contributed by atoms with van der Waals surface area (Å²) >= 11 is 3.50. The number of halogens is 1. The highest BCUT2D eigenvalue weighted by molar-refractivity contribution is 9.10. The summed E-state index contributed by atoms with van der Waals surface area (Å²) < 4.78 is 1.11. The first kappa shape index (κ1) is 12.5. The second-order valence-corrected chi connectivity index (χ2v) is 4.90. The molecule has 1 rings (SSSR count). The summed E-state index contributed by atoms with van der Waals surface area (Å²) in [6, 6.07) is 6.22. The maximum Gasteiger partial charge on any atom is 0.0647 e. The molecular weight excluding hydrogens is 252 g/mol. The van der Waals surface area contributed by atoms with Gasteiger partial charge >= 0.3 is 0 Å². The monoisotopic (exact) mass is 268 g/mol. The van der Waals surface area contributed by atoms with Gasteiger partial charge in [0.2, 0.25) is 0 Å². The quantitative estimate of drug-likeness (QED) is 0.885. The van der Waals surface area contributed by atoms with Gasteiger partial charge in [-0.2, -0.15) is 0 Å². The average Bonchev–Trinajstić information content (AvgIpc) is 2.19. The van der Waals surface area contributed by atoms with Gasteiger partial charge < -0.3 is 5.11 Å². The summed E-state index contributed by atoms with van der Waals surface area (Å²) in [6.07, 6.45) is 2.05. The van der Waals surface area contributed by atoms with Gasteiger partial charge in [0.15, 0.2) is 0 Å². The highest BCUT2D eigenvalue weighted by atomic mass is 79.9. The topological polar surface area (TPSA) is 20.2 Å². The summed E-state index contributed by atoms with van der Waals surface area (Å²) in [5.41, 5.74) is 3.42. The van der Waals surface area contributed by atoms with Crippen LogP contribution >= 0.6 is 15.9 Å². The van der Waals surface area contributed by atoms with E-state index >= 15 is 0 Å². The third-order valence-corrected chi connectivity index (χ3v) is 3.33. The van der Waals surface area contributed by atoms with Crippen LogP contribution in [0.25, 0.3) is 6.08 Å². The highest BCUT2D eigenvalue weighted by Crippen LogP contribution is 2.20. The molecule has 0 saturated heterocycles. The molecule has 2 heteroatoms. The van der Waals surface area contributed by atoms with Crippen LogP contribution in [0.5, 0.6) is 0 Å². The van der Waals surface area contributed by atoms with Crippen molar-refractivity contribution in [2.45, 2.75) is 20.8 Å². The van der Waals surface area contributed by atoms with E-state index in [0.29, 0.717) is 5.92 Å². The number of aliphatic hydroxyl groups excluding tert-OH is 1. The van der Waals surface area contributed by atoms with Crippen molar-refractivity contribution in [3.63, 3.8) is 0 Å². The lowest BCUT2D eigenvalue weighted by Crippen LogP contribution is -1.98. The second-order valence-electron chi connectivity index (χ2n) is 4.04. The van der Waals surface area contributed by atoms with Crippen molar-refractivity contribution >= 4 is 22.0 Å². The summed E-state index contributed by atoms with van der Waals surface area (Å²) in [5.74, 6) is 0.384. The second kappa shape index (κ2) is 5.47. The highest BCUT2D eigenvalue weighted by Gasteiger charge is 2.02. The lowest BCUT2D eigenvalue weighted by atomic mass is 10.0. The van der Waals surface area contributed by atoms with E-state index in [1.54, 1.807) is 0 Å². The summed E-state index contributed by atoms with van der Waals surface area (Å²) in [6.45, 7) is 6.37. The molecule has 0 aromatic heterocycles. The fourth-order valence-corrected chi connectivity index (χ4v) is 1.70. The van der Waals surface area contributed by atoms with Crippen LogP contribution in [-0.2, 0) is 0 Å². The van der Waals surface area contributed by atoms with Gasteiger partial charge in [-0.1, -0.05) is 48.0 Å². The Morgan fingerprint density at radius 3 is 2.60 bits per heavy atom. The van der Waals surface area contributed by atoms with Crippen LogP contribution in [0.1, 0.15) is 25.0 Å². The maximum absolute atomic E-state index is 9.20. The van der Waals surface area contributed by atoms with E-state index in [9.17, 15) is 5.11 Å². The van der Waals surface area contributed by atoms with Crippen LogP contribution in [0.2, 0.25) is 0 Å². The van der Waals surface area contributed by atoms with Crippen LogP contribution in [0.3, 0.4) is 0 Å². The maximum atomic E-state index is 9.20. The fraction of sp³-hybridized carbons (Fsp3) is 0.385. The number of aryl methyl sites for hydroxylation is 1. The van der Waals surface area contributed by atoms with E-state index in [-0.39, 0.29) is 6.61 Å². The Bertz CT molecular complexity index is 367. The number of aliphatic hydroxyl groups is 1. The molecule has 1 N–H and O–H groups in total. The van der Waals surface area contributed by atoms with Gasteiger partial charge in [-0.25, -0.2) is 0 Å². The minimum absolute atomic E-state index is 0.128. The van der Waals surface area contributed by atoms with E-state index in [4.69, 9.17) is 0 Å². The van der Waals surface area contributed by atoms with E-state index in [0.717, 1.165) is 15.6 Å². The van der Waals surface area contributed by atoms with Crippen molar-refractivity contribution in [1.82, 2.24) is 0 Å². The molecule has 1 nitrogen and oxygen atoms in total. The smallest absolute Gasteiger partial charge is 0.0647 e. The van der Waals surface area contributed by atoms with Crippen LogP contribution in [0.4, 0.5) is 0 Å². The molecule has 0 heterocycles. The van der Waals surface area contributed by atoms with E-state index < -0.39 is 0 Å². The predicted octanol–water partition coefficient (Wildman–Crippen LogP) is 3.79. The largest absolute Gasteiger partial charge is 0.392 e. The SMILES string of the molecule is Cc1ccc(/C=C(\CO)C(C)C)cc1Br. The van der Waals surface area contributed by atoms with Gasteiger partial charge in [0.1, 0.15) is 0 Å². The zero-order valence-electron chi connectivity index (χ0n) is 9.42. The summed E-state index contributed by atoms with van der Waals surface area (Å²) in [7, 11) is 0. The summed E-state index contributed by atoms with van der Waals surface area (Å²) in [5, 5.41) is 9.20. The average molecular weight is 269 g/mol. The van der Waals surface area contributed by atoms with Crippen LogP contribution < -0.4 is 0 Å². The summed E-state index contributed by atoms with van der Waals surface area (Å²) in [4.78, 5) is 0. The van der Waals surface area contributed by atoms with E-state index in [1.807, 2.05) is 0 Å². The van der Waals surface area contributed by atoms with Crippen LogP contribution in [0, 0.1) is 12.8 Å². The molecule has 0 amide bonds. The lowest BCUT2D eigenvalue weighted by Gasteiger charge is -2.08. The van der Waals surface area contributed by atoms with Gasteiger partial charge in [0.05, 0.1) is 6.61 Å². The Labute approximate surface area is 100.0 Å². The molecule has 15 heavy (non-hydrogen) atoms. The molecule has 0 aliphatic heterocycles. The van der Waals surface area contributed by atoms with Crippen molar-refractivity contribution in [1.29, 1.82) is 0 Å². The van der Waals surface area contributed by atoms with E-state index in [2.05, 4.69) is 61.0 Å². The standard InChI is InChI=1S/C13H17BrO/c1-9(2)12(8-15)6-11-5-4-10(3)13(14)7-11/h4-7,9,15H,8H2,1-3H3/b12-6+. The van der Waals surface area contributed by atoms with E-state index in [1.165, 1.54) is 5.56 Å². The predicted molar refractivity (Wildman–Crippen MR) is 68.8 cm³/mol. The molecule has 1 aromatic carbocycles. The molecule has 0 fully saturated rings. The zero-order valence-corrected chi connectivity index (χ0v) is 11.0. The Balaban J connectivity index is 3.01. The molecule has 0 atom stereocenters. The number of hydrogen-bond donors (Lipinski definition) is 1. The van der Waals surface area contributed by atoms with Crippen molar-refractivity contribution < 1.29 is 5.11 Å². The Morgan fingerprint density at radius 1 is 1.47 bits per heavy atom. The molecule has 0 radical (unpaired) electrons. The van der Waals surface area contributed by atoms with Gasteiger partial charge in [0, 0.05) is 4.47 Å². The molecule has 82 valence electrons. The molecule has 0 spiro atoms. The van der Waals surface area contributed by atoms with Crippen LogP contribution in [-0.4, -0.2) is 11.7 Å². The molecule has 0 unspecified atom stereocenters. The Hall–Kier alpha value is -0.600. The Kier molecular flexibility index (Phi) is 4.55. The minimum atomic E-state index is 0.128. The third-order valence-electron chi connectivity index (χ3n) is 2.47. The number of rotatable bonds is 3. The van der Waals surface area contributed by atoms with Gasteiger partial charge in [-0.3, -0.25) is 0 Å². The van der Waals surface area contributed by atoms with Crippen molar-refractivity contribution in [3.8, 4) is 0 Å². The molecule has 1 aromatic rings. The van der Waals surface area contributed by atoms with Crippen molar-refractivity contribution in [2.24, 2.45) is 5.92 Å². The van der Waals surface area contributed by atoms with Gasteiger partial charge in [-0.05, 0) is 35.6 Å². The fourth-order valence-electron chi connectivity index (χ4n) is 1.31. The molecule has 0 aliphatic rings. The molecule has 0 aliphatic carbocycles. The van der Waals surface area contributed by atoms with Gasteiger partial charge in [0.25, 0.3) is 0 Å². The number of benzene rings is 1. The van der Waals surface area contributed by atoms with Crippen molar-refractivity contribution in [3.05, 3.63) is 39.4 Å². The molecular formula is C13H17BrO.